The first-order valence-corrected chi connectivity index (χ1v) is 9.00. The van der Waals surface area contributed by atoms with Crippen LogP contribution < -0.4 is 4.90 Å². The van der Waals surface area contributed by atoms with Crippen LogP contribution in [-0.4, -0.2) is 39.9 Å². The second kappa shape index (κ2) is 7.64. The lowest BCUT2D eigenvalue weighted by Crippen LogP contribution is -2.33. The van der Waals surface area contributed by atoms with E-state index in [4.69, 9.17) is 0 Å². The topological polar surface area (TPSA) is 49.3 Å². The molecule has 0 spiro atoms. The SMILES string of the molecule is Cc1cc(C(=O)N2CCCC2)nc(N(Cc2ccccc2)C(C)C)n1. The van der Waals surface area contributed by atoms with E-state index < -0.39 is 0 Å². The van der Waals surface area contributed by atoms with Gasteiger partial charge in [-0.05, 0) is 45.2 Å². The molecule has 0 aliphatic carbocycles. The van der Waals surface area contributed by atoms with Crippen molar-refractivity contribution in [1.29, 1.82) is 0 Å². The summed E-state index contributed by atoms with van der Waals surface area (Å²) in [5, 5.41) is 0. The Hall–Kier alpha value is -2.43. The van der Waals surface area contributed by atoms with Crippen molar-refractivity contribution >= 4 is 11.9 Å². The zero-order valence-corrected chi connectivity index (χ0v) is 15.3. The molecule has 1 saturated heterocycles. The molecule has 1 aliphatic rings. The number of benzene rings is 1. The van der Waals surface area contributed by atoms with Crippen molar-refractivity contribution in [2.24, 2.45) is 0 Å². The molecule has 1 fully saturated rings. The molecule has 1 amide bonds. The van der Waals surface area contributed by atoms with Gasteiger partial charge in [0.25, 0.3) is 5.91 Å². The fraction of sp³-hybridized carbons (Fsp3) is 0.450. The molecule has 3 rings (SSSR count). The zero-order valence-electron chi connectivity index (χ0n) is 15.3. The fourth-order valence-electron chi connectivity index (χ4n) is 3.14. The normalized spacial score (nSPS) is 14.2. The third-order valence-corrected chi connectivity index (χ3v) is 4.53. The van der Waals surface area contributed by atoms with E-state index >= 15 is 0 Å². The van der Waals surface area contributed by atoms with E-state index in [1.165, 1.54) is 5.56 Å². The molecule has 0 unspecified atom stereocenters. The van der Waals surface area contributed by atoms with Gasteiger partial charge in [-0.1, -0.05) is 30.3 Å². The van der Waals surface area contributed by atoms with Crippen molar-refractivity contribution in [3.8, 4) is 0 Å². The number of nitrogens with zero attached hydrogens (tertiary/aromatic N) is 4. The Morgan fingerprint density at radius 3 is 2.48 bits per heavy atom. The molecule has 0 bridgehead atoms. The Morgan fingerprint density at radius 2 is 1.84 bits per heavy atom. The second-order valence-corrected chi connectivity index (χ2v) is 6.90. The van der Waals surface area contributed by atoms with Gasteiger partial charge in [-0.3, -0.25) is 4.79 Å². The standard InChI is InChI=1S/C20H26N4O/c1-15(2)24(14-17-9-5-4-6-10-17)20-21-16(3)13-18(22-20)19(25)23-11-7-8-12-23/h4-6,9-10,13,15H,7-8,11-12,14H2,1-3H3. The van der Waals surface area contributed by atoms with Crippen LogP contribution in [0, 0.1) is 6.92 Å². The number of aryl methyl sites for hydroxylation is 1. The molecular weight excluding hydrogens is 312 g/mol. The predicted molar refractivity (Wildman–Crippen MR) is 99.7 cm³/mol. The van der Waals surface area contributed by atoms with Crippen LogP contribution in [0.15, 0.2) is 36.4 Å². The van der Waals surface area contributed by atoms with Crippen LogP contribution in [0.25, 0.3) is 0 Å². The molecule has 25 heavy (non-hydrogen) atoms. The van der Waals surface area contributed by atoms with Gasteiger partial charge in [0.2, 0.25) is 5.95 Å². The lowest BCUT2D eigenvalue weighted by molar-refractivity contribution is 0.0786. The molecule has 2 aromatic rings. The average molecular weight is 338 g/mol. The Morgan fingerprint density at radius 1 is 1.16 bits per heavy atom. The summed E-state index contributed by atoms with van der Waals surface area (Å²) in [6.07, 6.45) is 2.16. The number of carbonyl (C=O) groups excluding carboxylic acids is 1. The van der Waals surface area contributed by atoms with Gasteiger partial charge in [-0.2, -0.15) is 0 Å². The minimum absolute atomic E-state index is 0.0210. The second-order valence-electron chi connectivity index (χ2n) is 6.90. The van der Waals surface area contributed by atoms with E-state index in [1.54, 1.807) is 6.07 Å². The maximum atomic E-state index is 12.7. The van der Waals surface area contributed by atoms with Gasteiger partial charge in [0.15, 0.2) is 0 Å². The van der Waals surface area contributed by atoms with Gasteiger partial charge in [-0.15, -0.1) is 0 Å². The summed E-state index contributed by atoms with van der Waals surface area (Å²) in [5.41, 5.74) is 2.53. The maximum absolute atomic E-state index is 12.7. The largest absolute Gasteiger partial charge is 0.337 e. The molecule has 5 heteroatoms. The number of likely N-dealkylation sites (tertiary alicyclic amines) is 1. The zero-order chi connectivity index (χ0) is 17.8. The van der Waals surface area contributed by atoms with Crippen LogP contribution in [0.2, 0.25) is 0 Å². The third kappa shape index (κ3) is 4.16. The van der Waals surface area contributed by atoms with Gasteiger partial charge in [0, 0.05) is 31.4 Å². The van der Waals surface area contributed by atoms with E-state index in [-0.39, 0.29) is 11.9 Å². The van der Waals surface area contributed by atoms with E-state index in [9.17, 15) is 4.79 Å². The molecule has 0 saturated carbocycles. The van der Waals surface area contributed by atoms with Crippen molar-refractivity contribution in [3.05, 3.63) is 53.3 Å². The van der Waals surface area contributed by atoms with Crippen molar-refractivity contribution in [3.63, 3.8) is 0 Å². The van der Waals surface area contributed by atoms with Gasteiger partial charge in [0.05, 0.1) is 0 Å². The van der Waals surface area contributed by atoms with E-state index in [0.29, 0.717) is 11.6 Å². The summed E-state index contributed by atoms with van der Waals surface area (Å²) in [7, 11) is 0. The van der Waals surface area contributed by atoms with Crippen molar-refractivity contribution in [2.75, 3.05) is 18.0 Å². The highest BCUT2D eigenvalue weighted by Crippen LogP contribution is 2.19. The number of hydrogen-bond donors (Lipinski definition) is 0. The van der Waals surface area contributed by atoms with Crippen molar-refractivity contribution in [1.82, 2.24) is 14.9 Å². The molecule has 5 nitrogen and oxygen atoms in total. The smallest absolute Gasteiger partial charge is 0.272 e. The Balaban J connectivity index is 1.89. The Kier molecular flexibility index (Phi) is 5.31. The molecular formula is C20H26N4O. The molecule has 1 aromatic carbocycles. The van der Waals surface area contributed by atoms with Crippen LogP contribution in [-0.2, 0) is 6.54 Å². The number of hydrogen-bond acceptors (Lipinski definition) is 4. The van der Waals surface area contributed by atoms with Crippen LogP contribution in [0.3, 0.4) is 0 Å². The van der Waals surface area contributed by atoms with Crippen LogP contribution in [0.4, 0.5) is 5.95 Å². The molecule has 0 N–H and O–H groups in total. The monoisotopic (exact) mass is 338 g/mol. The van der Waals surface area contributed by atoms with E-state index in [2.05, 4.69) is 40.8 Å². The summed E-state index contributed by atoms with van der Waals surface area (Å²) >= 11 is 0. The summed E-state index contributed by atoms with van der Waals surface area (Å²) in [6, 6.07) is 12.3. The van der Waals surface area contributed by atoms with Crippen molar-refractivity contribution in [2.45, 2.75) is 46.2 Å². The summed E-state index contributed by atoms with van der Waals surface area (Å²) in [6.45, 7) is 8.55. The van der Waals surface area contributed by atoms with E-state index in [1.807, 2.05) is 30.0 Å². The molecule has 1 aliphatic heterocycles. The Bertz CT molecular complexity index is 724. The van der Waals surface area contributed by atoms with Crippen molar-refractivity contribution < 1.29 is 4.79 Å². The number of amides is 1. The molecule has 132 valence electrons. The first-order chi connectivity index (χ1) is 12.0. The number of aromatic nitrogens is 2. The molecule has 1 aromatic heterocycles. The van der Waals surface area contributed by atoms with Gasteiger partial charge >= 0.3 is 0 Å². The minimum atomic E-state index is 0.0210. The minimum Gasteiger partial charge on any atom is -0.337 e. The third-order valence-electron chi connectivity index (χ3n) is 4.53. The Labute approximate surface area is 149 Å². The quantitative estimate of drug-likeness (QED) is 0.838. The van der Waals surface area contributed by atoms with Crippen LogP contribution in [0.5, 0.6) is 0 Å². The first-order valence-electron chi connectivity index (χ1n) is 9.00. The molecule has 0 atom stereocenters. The number of anilines is 1. The van der Waals surface area contributed by atoms with Gasteiger partial charge in [-0.25, -0.2) is 9.97 Å². The van der Waals surface area contributed by atoms with Gasteiger partial charge < -0.3 is 9.80 Å². The lowest BCUT2D eigenvalue weighted by atomic mass is 10.2. The fourth-order valence-corrected chi connectivity index (χ4v) is 3.14. The highest BCUT2D eigenvalue weighted by atomic mass is 16.2. The number of rotatable bonds is 5. The first kappa shape index (κ1) is 17.4. The summed E-state index contributed by atoms with van der Waals surface area (Å²) in [5.74, 6) is 0.647. The lowest BCUT2D eigenvalue weighted by Gasteiger charge is -2.27. The van der Waals surface area contributed by atoms with Gasteiger partial charge in [0.1, 0.15) is 5.69 Å². The highest BCUT2D eigenvalue weighted by molar-refractivity contribution is 5.92. The average Bonchev–Trinajstić information content (AvgIpc) is 3.13. The van der Waals surface area contributed by atoms with Crippen LogP contribution in [0.1, 0.15) is 48.4 Å². The highest BCUT2D eigenvalue weighted by Gasteiger charge is 2.23. The number of carbonyl (C=O) groups is 1. The molecule has 0 radical (unpaired) electrons. The van der Waals surface area contributed by atoms with Crippen LogP contribution >= 0.6 is 0 Å². The summed E-state index contributed by atoms with van der Waals surface area (Å²) in [4.78, 5) is 26.0. The molecule has 2 heterocycles. The summed E-state index contributed by atoms with van der Waals surface area (Å²) < 4.78 is 0. The predicted octanol–water partition coefficient (Wildman–Crippen LogP) is 3.44. The maximum Gasteiger partial charge on any atom is 0.272 e. The van der Waals surface area contributed by atoms with E-state index in [0.717, 1.165) is 38.2 Å².